The minimum absolute atomic E-state index is 0.00231. The van der Waals surface area contributed by atoms with E-state index in [1.165, 1.54) is 0 Å². The van der Waals surface area contributed by atoms with Crippen LogP contribution in [0.15, 0.2) is 6.33 Å². The molecule has 2 atom stereocenters. The van der Waals surface area contributed by atoms with E-state index in [0.29, 0.717) is 5.92 Å². The molecular weight excluding hydrogens is 152 g/mol. The van der Waals surface area contributed by atoms with Gasteiger partial charge in [0.15, 0.2) is 0 Å². The molecule has 0 aliphatic rings. The number of nitrogens with two attached hydrogens (primary N) is 1. The highest BCUT2D eigenvalue weighted by Crippen LogP contribution is 2.18. The van der Waals surface area contributed by atoms with E-state index in [4.69, 9.17) is 5.73 Å². The zero-order valence-corrected chi connectivity index (χ0v) is 7.86. The van der Waals surface area contributed by atoms with Crippen LogP contribution in [-0.2, 0) is 7.05 Å². The van der Waals surface area contributed by atoms with Crippen LogP contribution < -0.4 is 5.73 Å². The third-order valence-corrected chi connectivity index (χ3v) is 2.30. The van der Waals surface area contributed by atoms with Crippen molar-refractivity contribution in [2.75, 3.05) is 0 Å². The van der Waals surface area contributed by atoms with Crippen molar-refractivity contribution in [3.05, 3.63) is 12.2 Å². The summed E-state index contributed by atoms with van der Waals surface area (Å²) in [5.41, 5.74) is 5.97. The lowest BCUT2D eigenvalue weighted by atomic mass is 10.00. The van der Waals surface area contributed by atoms with Crippen molar-refractivity contribution in [1.29, 1.82) is 0 Å². The molecule has 0 bridgehead atoms. The Labute approximate surface area is 72.8 Å². The second-order valence-corrected chi connectivity index (χ2v) is 3.21. The van der Waals surface area contributed by atoms with Crippen molar-refractivity contribution in [2.24, 2.45) is 18.7 Å². The van der Waals surface area contributed by atoms with Gasteiger partial charge in [0, 0.05) is 7.05 Å². The maximum Gasteiger partial charge on any atom is 0.149 e. The highest BCUT2D eigenvalue weighted by Gasteiger charge is 2.17. The minimum atomic E-state index is 0.00231. The molecule has 1 aromatic heterocycles. The smallest absolute Gasteiger partial charge is 0.149 e. The average molecular weight is 168 g/mol. The highest BCUT2D eigenvalue weighted by molar-refractivity contribution is 4.94. The lowest BCUT2D eigenvalue weighted by molar-refractivity contribution is 0.429. The van der Waals surface area contributed by atoms with Crippen LogP contribution in [0.2, 0.25) is 0 Å². The van der Waals surface area contributed by atoms with Crippen molar-refractivity contribution in [1.82, 2.24) is 14.8 Å². The second kappa shape index (κ2) is 3.67. The summed E-state index contributed by atoms with van der Waals surface area (Å²) in [7, 11) is 1.91. The van der Waals surface area contributed by atoms with Crippen LogP contribution in [0.1, 0.15) is 32.1 Å². The summed E-state index contributed by atoms with van der Waals surface area (Å²) < 4.78 is 1.87. The first kappa shape index (κ1) is 9.19. The predicted octanol–water partition coefficient (Wildman–Crippen LogP) is 0.861. The Morgan fingerprint density at radius 3 is 2.75 bits per heavy atom. The molecule has 1 aromatic rings. The summed E-state index contributed by atoms with van der Waals surface area (Å²) in [6.07, 6.45) is 2.74. The first-order valence-corrected chi connectivity index (χ1v) is 4.26. The van der Waals surface area contributed by atoms with E-state index in [1.54, 1.807) is 6.33 Å². The van der Waals surface area contributed by atoms with Gasteiger partial charge in [-0.1, -0.05) is 20.3 Å². The van der Waals surface area contributed by atoms with Gasteiger partial charge >= 0.3 is 0 Å². The fourth-order valence-corrected chi connectivity index (χ4v) is 1.10. The lowest BCUT2D eigenvalue weighted by Gasteiger charge is -2.16. The monoisotopic (exact) mass is 168 g/mol. The van der Waals surface area contributed by atoms with Crippen molar-refractivity contribution >= 4 is 0 Å². The molecule has 0 radical (unpaired) electrons. The predicted molar refractivity (Wildman–Crippen MR) is 47.4 cm³/mol. The summed E-state index contributed by atoms with van der Waals surface area (Å²) in [4.78, 5) is 0. The number of hydrogen-bond donors (Lipinski definition) is 1. The molecule has 12 heavy (non-hydrogen) atoms. The molecule has 0 fully saturated rings. The topological polar surface area (TPSA) is 56.7 Å². The number of rotatable bonds is 3. The van der Waals surface area contributed by atoms with Gasteiger partial charge in [0.2, 0.25) is 0 Å². The summed E-state index contributed by atoms with van der Waals surface area (Å²) >= 11 is 0. The van der Waals surface area contributed by atoms with Gasteiger partial charge in [0.1, 0.15) is 12.2 Å². The van der Waals surface area contributed by atoms with Crippen molar-refractivity contribution in [3.8, 4) is 0 Å². The van der Waals surface area contributed by atoms with Gasteiger partial charge in [-0.05, 0) is 5.92 Å². The maximum absolute atomic E-state index is 5.97. The van der Waals surface area contributed by atoms with Gasteiger partial charge in [-0.15, -0.1) is 10.2 Å². The van der Waals surface area contributed by atoms with Crippen LogP contribution in [0, 0.1) is 5.92 Å². The zero-order chi connectivity index (χ0) is 9.14. The summed E-state index contributed by atoms with van der Waals surface area (Å²) in [5.74, 6) is 1.32. The molecule has 0 amide bonds. The quantitative estimate of drug-likeness (QED) is 0.728. The van der Waals surface area contributed by atoms with Crippen LogP contribution in [0.3, 0.4) is 0 Å². The van der Waals surface area contributed by atoms with Gasteiger partial charge in [-0.25, -0.2) is 0 Å². The fraction of sp³-hybridized carbons (Fsp3) is 0.750. The molecular formula is C8H16N4. The standard InChI is InChI=1S/C8H16N4/c1-4-6(2)7(9)8-11-10-5-12(8)3/h5-7H,4,9H2,1-3H3/t6-,7-/m0/s1. The molecule has 0 aromatic carbocycles. The molecule has 0 spiro atoms. The minimum Gasteiger partial charge on any atom is -0.321 e. The molecule has 0 unspecified atom stereocenters. The van der Waals surface area contributed by atoms with E-state index in [1.807, 2.05) is 11.6 Å². The van der Waals surface area contributed by atoms with Crippen LogP contribution >= 0.6 is 0 Å². The SMILES string of the molecule is CC[C@H](C)[C@H](N)c1nncn1C. The second-order valence-electron chi connectivity index (χ2n) is 3.21. The highest BCUT2D eigenvalue weighted by atomic mass is 15.3. The Hall–Kier alpha value is -0.900. The average Bonchev–Trinajstić information content (AvgIpc) is 2.48. The lowest BCUT2D eigenvalue weighted by Crippen LogP contribution is -2.22. The molecule has 4 nitrogen and oxygen atoms in total. The molecule has 0 aliphatic heterocycles. The molecule has 2 N–H and O–H groups in total. The molecule has 1 rings (SSSR count). The van der Waals surface area contributed by atoms with Gasteiger partial charge in [0.05, 0.1) is 6.04 Å². The van der Waals surface area contributed by atoms with Crippen LogP contribution in [0.4, 0.5) is 0 Å². The van der Waals surface area contributed by atoms with Crippen LogP contribution in [0.5, 0.6) is 0 Å². The number of nitrogens with zero attached hydrogens (tertiary/aromatic N) is 3. The van der Waals surface area contributed by atoms with Crippen LogP contribution in [0.25, 0.3) is 0 Å². The summed E-state index contributed by atoms with van der Waals surface area (Å²) in [5, 5.41) is 7.77. The Kier molecular flexibility index (Phi) is 2.81. The molecule has 0 saturated heterocycles. The summed E-state index contributed by atoms with van der Waals surface area (Å²) in [6.45, 7) is 4.25. The van der Waals surface area contributed by atoms with Gasteiger partial charge in [-0.2, -0.15) is 0 Å². The first-order valence-electron chi connectivity index (χ1n) is 4.26. The van der Waals surface area contributed by atoms with E-state index in [9.17, 15) is 0 Å². The van der Waals surface area contributed by atoms with E-state index in [-0.39, 0.29) is 6.04 Å². The number of aryl methyl sites for hydroxylation is 1. The van der Waals surface area contributed by atoms with E-state index in [0.717, 1.165) is 12.2 Å². The Morgan fingerprint density at radius 1 is 1.67 bits per heavy atom. The molecule has 4 heteroatoms. The van der Waals surface area contributed by atoms with Crippen molar-refractivity contribution < 1.29 is 0 Å². The Balaban J connectivity index is 2.77. The fourth-order valence-electron chi connectivity index (χ4n) is 1.10. The third-order valence-electron chi connectivity index (χ3n) is 2.30. The zero-order valence-electron chi connectivity index (χ0n) is 7.86. The van der Waals surface area contributed by atoms with Crippen LogP contribution in [-0.4, -0.2) is 14.8 Å². The maximum atomic E-state index is 5.97. The number of hydrogen-bond acceptors (Lipinski definition) is 3. The van der Waals surface area contributed by atoms with E-state index in [2.05, 4.69) is 24.0 Å². The number of aromatic nitrogens is 3. The first-order chi connectivity index (χ1) is 5.66. The molecule has 1 heterocycles. The van der Waals surface area contributed by atoms with Crippen molar-refractivity contribution in [3.63, 3.8) is 0 Å². The van der Waals surface area contributed by atoms with Crippen molar-refractivity contribution in [2.45, 2.75) is 26.3 Å². The normalized spacial score (nSPS) is 16.0. The Morgan fingerprint density at radius 2 is 2.33 bits per heavy atom. The molecule has 68 valence electrons. The Bertz CT molecular complexity index is 243. The van der Waals surface area contributed by atoms with Gasteiger partial charge in [0.25, 0.3) is 0 Å². The third kappa shape index (κ3) is 1.64. The van der Waals surface area contributed by atoms with E-state index >= 15 is 0 Å². The summed E-state index contributed by atoms with van der Waals surface area (Å²) in [6, 6.07) is 0.00231. The largest absolute Gasteiger partial charge is 0.321 e. The molecule has 0 saturated carbocycles. The van der Waals surface area contributed by atoms with E-state index < -0.39 is 0 Å². The van der Waals surface area contributed by atoms with Gasteiger partial charge < -0.3 is 10.3 Å². The van der Waals surface area contributed by atoms with Gasteiger partial charge in [-0.3, -0.25) is 0 Å². The molecule has 0 aliphatic carbocycles.